The summed E-state index contributed by atoms with van der Waals surface area (Å²) in [6.45, 7) is 1.74. The van der Waals surface area contributed by atoms with Crippen LogP contribution in [-0.2, 0) is 18.3 Å². The van der Waals surface area contributed by atoms with Crippen molar-refractivity contribution in [1.82, 2.24) is 23.9 Å². The van der Waals surface area contributed by atoms with E-state index in [9.17, 15) is 19.4 Å². The van der Waals surface area contributed by atoms with Crippen LogP contribution in [0, 0.1) is 6.92 Å². The molecule has 0 saturated carbocycles. The second kappa shape index (κ2) is 8.05. The number of aromatic amines is 1. The zero-order chi connectivity index (χ0) is 25.6. The van der Waals surface area contributed by atoms with Gasteiger partial charge in [-0.1, -0.05) is 35.9 Å². The lowest BCUT2D eigenvalue weighted by Gasteiger charge is -2.34. The molecule has 0 amide bonds. The monoisotopic (exact) mass is 587 g/mol. The molecule has 5 aromatic rings. The summed E-state index contributed by atoms with van der Waals surface area (Å²) in [6.07, 6.45) is -2.84. The highest BCUT2D eigenvalue weighted by molar-refractivity contribution is 9.10. The molecule has 0 aliphatic carbocycles. The van der Waals surface area contributed by atoms with Crippen molar-refractivity contribution in [1.29, 1.82) is 0 Å². The van der Waals surface area contributed by atoms with Gasteiger partial charge in [0.15, 0.2) is 22.1 Å². The van der Waals surface area contributed by atoms with Crippen molar-refractivity contribution in [2.75, 3.05) is 6.61 Å². The summed E-state index contributed by atoms with van der Waals surface area (Å²) in [5.41, 5.74) is 2.50. The Hall–Kier alpha value is -2.90. The average Bonchev–Trinajstić information content (AvgIpc) is 3.52. The van der Waals surface area contributed by atoms with Crippen molar-refractivity contribution >= 4 is 51.5 Å². The van der Waals surface area contributed by atoms with Crippen molar-refractivity contribution in [2.24, 2.45) is 0 Å². The minimum Gasteiger partial charge on any atom is -0.756 e. The van der Waals surface area contributed by atoms with E-state index in [1.54, 1.807) is 6.20 Å². The lowest BCUT2D eigenvalue weighted by Crippen LogP contribution is -2.41. The van der Waals surface area contributed by atoms with Crippen LogP contribution in [0.2, 0.25) is 0 Å². The van der Waals surface area contributed by atoms with Gasteiger partial charge in [-0.2, -0.15) is 4.98 Å². The molecule has 2 aromatic carbocycles. The summed E-state index contributed by atoms with van der Waals surface area (Å²) in [5, 5.41) is 13.0. The van der Waals surface area contributed by atoms with E-state index in [2.05, 4.69) is 36.9 Å². The van der Waals surface area contributed by atoms with Crippen LogP contribution in [0.1, 0.15) is 13.2 Å². The van der Waals surface area contributed by atoms with Gasteiger partial charge in [0.2, 0.25) is 5.78 Å². The number of rotatable bonds is 2. The van der Waals surface area contributed by atoms with Crippen LogP contribution in [-0.4, -0.2) is 53.9 Å². The predicted octanol–water partition coefficient (Wildman–Crippen LogP) is 2.52. The number of fused-ring (bicyclic) bond motifs is 4. The number of hydrogen-bond donors (Lipinski definition) is 2. The van der Waals surface area contributed by atoms with Crippen molar-refractivity contribution in [3.8, 4) is 11.3 Å². The topological polar surface area (TPSA) is 156 Å². The fourth-order valence-corrected chi connectivity index (χ4v) is 6.44. The summed E-state index contributed by atoms with van der Waals surface area (Å²) in [7, 11) is -4.54. The first-order valence-corrected chi connectivity index (χ1v) is 13.6. The van der Waals surface area contributed by atoms with Crippen LogP contribution in [0.4, 0.5) is 0 Å². The molecule has 2 fully saturated rings. The number of nitrogens with zero attached hydrogens (tertiary/aromatic N) is 4. The lowest BCUT2D eigenvalue weighted by atomic mass is 10.0. The highest BCUT2D eigenvalue weighted by Gasteiger charge is 2.51. The van der Waals surface area contributed by atoms with Crippen LogP contribution < -0.4 is 10.5 Å². The van der Waals surface area contributed by atoms with E-state index in [0.29, 0.717) is 5.69 Å². The summed E-state index contributed by atoms with van der Waals surface area (Å²) in [4.78, 5) is 37.2. The normalized spacial score (nSPS) is 27.9. The molecule has 37 heavy (non-hydrogen) atoms. The van der Waals surface area contributed by atoms with Gasteiger partial charge in [-0.05, 0) is 39.7 Å². The standard InChI is InChI=1S/C23H19BrN5O7P/c1-10-2-3-12-7-13(5-4-11(12)6-10)14-8-28-20(31)16-19(27-23(28)25-14)29(22(24)26-16)21-17(30)18-15(35-21)9-34-37(32,33)36-18/h2-8,15,17-18,21,30H,9H2,1H3,(H,25,27)(H,32,33)/t15?,17?,18-,21-/m1/s1. The molecule has 190 valence electrons. The van der Waals surface area contributed by atoms with Crippen LogP contribution in [0.3, 0.4) is 0 Å². The second-order valence-electron chi connectivity index (χ2n) is 9.14. The van der Waals surface area contributed by atoms with Gasteiger partial charge in [0.05, 0.1) is 12.3 Å². The second-order valence-corrected chi connectivity index (χ2v) is 11.2. The van der Waals surface area contributed by atoms with E-state index in [4.69, 9.17) is 13.8 Å². The first kappa shape index (κ1) is 23.2. The van der Waals surface area contributed by atoms with Gasteiger partial charge < -0.3 is 28.8 Å². The van der Waals surface area contributed by atoms with Gasteiger partial charge in [0.25, 0.3) is 13.4 Å². The molecule has 0 bridgehead atoms. The number of imidazole rings is 2. The third kappa shape index (κ3) is 3.62. The van der Waals surface area contributed by atoms with Gasteiger partial charge in [-0.15, -0.1) is 0 Å². The molecule has 12 nitrogen and oxygen atoms in total. The number of phosphoric ester groups is 1. The molecule has 0 radical (unpaired) electrons. The maximum Gasteiger partial charge on any atom is 1.00 e. The van der Waals surface area contributed by atoms with E-state index in [1.165, 1.54) is 14.5 Å². The minimum atomic E-state index is -4.54. The fourth-order valence-electron chi connectivity index (χ4n) is 4.95. The molecule has 2 aliphatic heterocycles. The Labute approximate surface area is 217 Å². The SMILES string of the molecule is Cc1ccc2cc(-c3cn4c(=O)c5nc(Br)n([C@@H]6OC7COP(=O)([O-])O[C@H]7C6O)c5nc4[nH]3)ccc2c1.[H+]. The van der Waals surface area contributed by atoms with E-state index < -0.39 is 37.9 Å². The Morgan fingerprint density at radius 1 is 1.24 bits per heavy atom. The van der Waals surface area contributed by atoms with E-state index >= 15 is 0 Å². The number of aryl methyl sites for hydroxylation is 1. The third-order valence-electron chi connectivity index (χ3n) is 6.73. The van der Waals surface area contributed by atoms with Crippen molar-refractivity contribution in [3.05, 3.63) is 63.2 Å². The smallest absolute Gasteiger partial charge is 0.756 e. The van der Waals surface area contributed by atoms with E-state index in [0.717, 1.165) is 16.3 Å². The Balaban J connectivity index is 0.00000264. The largest absolute Gasteiger partial charge is 1.00 e. The van der Waals surface area contributed by atoms with Gasteiger partial charge >= 0.3 is 1.43 Å². The molecule has 2 saturated heterocycles. The molecule has 14 heteroatoms. The minimum absolute atomic E-state index is 0. The first-order valence-electron chi connectivity index (χ1n) is 11.4. The van der Waals surface area contributed by atoms with Gasteiger partial charge in [0, 0.05) is 11.8 Å². The number of aromatic nitrogens is 5. The van der Waals surface area contributed by atoms with E-state index in [-0.39, 0.29) is 29.7 Å². The van der Waals surface area contributed by atoms with Crippen molar-refractivity contribution in [2.45, 2.75) is 31.5 Å². The Bertz CT molecular complexity index is 1860. The molecule has 2 N–H and O–H groups in total. The highest BCUT2D eigenvalue weighted by Crippen LogP contribution is 2.50. The maximum absolute atomic E-state index is 13.4. The number of aliphatic hydroxyl groups excluding tert-OH is 1. The molecule has 5 atom stereocenters. The number of hydrogen-bond acceptors (Lipinski definition) is 9. The third-order valence-corrected chi connectivity index (χ3v) is 8.25. The van der Waals surface area contributed by atoms with Crippen LogP contribution in [0.15, 0.2) is 52.1 Å². The Kier molecular flexibility index (Phi) is 5.05. The van der Waals surface area contributed by atoms with Gasteiger partial charge in [-0.25, -0.2) is 9.38 Å². The molecule has 3 aromatic heterocycles. The number of nitrogens with one attached hydrogen (secondary N) is 1. The zero-order valence-corrected chi connectivity index (χ0v) is 21.5. The molecule has 7 rings (SSSR count). The number of H-pyrrole nitrogens is 1. The van der Waals surface area contributed by atoms with E-state index in [1.807, 2.05) is 37.3 Å². The molecule has 5 heterocycles. The highest BCUT2D eigenvalue weighted by atomic mass is 79.9. The average molecular weight is 588 g/mol. The van der Waals surface area contributed by atoms with Crippen LogP contribution in [0.5, 0.6) is 0 Å². The first-order chi connectivity index (χ1) is 17.7. The number of aliphatic hydroxyl groups is 1. The zero-order valence-electron chi connectivity index (χ0n) is 20.1. The molecule has 3 unspecified atom stereocenters. The lowest BCUT2D eigenvalue weighted by molar-refractivity contribution is -0.245. The molecule has 2 aliphatic rings. The summed E-state index contributed by atoms with van der Waals surface area (Å²) < 4.78 is 30.2. The Morgan fingerprint density at radius 2 is 2.03 bits per heavy atom. The summed E-state index contributed by atoms with van der Waals surface area (Å²) in [5.74, 6) is 0.263. The summed E-state index contributed by atoms with van der Waals surface area (Å²) >= 11 is 3.32. The summed E-state index contributed by atoms with van der Waals surface area (Å²) in [6, 6.07) is 12.2. The molecular formula is C23H19BrN5O7P. The number of phosphoric acid groups is 1. The van der Waals surface area contributed by atoms with Crippen molar-refractivity contribution < 1.29 is 29.8 Å². The van der Waals surface area contributed by atoms with Crippen LogP contribution >= 0.6 is 23.8 Å². The van der Waals surface area contributed by atoms with Gasteiger partial charge in [-0.3, -0.25) is 13.9 Å². The number of halogens is 1. The fraction of sp³-hybridized carbons (Fsp3) is 0.261. The molecule has 0 spiro atoms. The number of benzene rings is 2. The Morgan fingerprint density at radius 3 is 2.86 bits per heavy atom. The quantitative estimate of drug-likeness (QED) is 0.234. The van der Waals surface area contributed by atoms with Gasteiger partial charge in [0.1, 0.15) is 18.3 Å². The number of ether oxygens (including phenoxy) is 1. The maximum atomic E-state index is 13.4. The predicted molar refractivity (Wildman–Crippen MR) is 134 cm³/mol. The molecular weight excluding hydrogens is 569 g/mol. The van der Waals surface area contributed by atoms with Crippen molar-refractivity contribution in [3.63, 3.8) is 0 Å². The van der Waals surface area contributed by atoms with Crippen LogP contribution in [0.25, 0.3) is 39.0 Å².